The highest BCUT2D eigenvalue weighted by molar-refractivity contribution is 7.93. The molecule has 0 spiro atoms. The molecule has 2 aromatic rings. The number of hydrogen-bond donors (Lipinski definition) is 2. The average Bonchev–Trinajstić information content (AvgIpc) is 2.77. The van der Waals surface area contributed by atoms with Crippen LogP contribution in [0.1, 0.15) is 20.3 Å². The predicted octanol–water partition coefficient (Wildman–Crippen LogP) is 1.84. The summed E-state index contributed by atoms with van der Waals surface area (Å²) in [5, 5.41) is 4.38. The van der Waals surface area contributed by atoms with Crippen LogP contribution < -0.4 is 15.4 Å². The van der Waals surface area contributed by atoms with Crippen LogP contribution in [0, 0.1) is 5.92 Å². The number of benzene rings is 2. The van der Waals surface area contributed by atoms with E-state index in [9.17, 15) is 13.2 Å². The van der Waals surface area contributed by atoms with E-state index in [-0.39, 0.29) is 23.4 Å². The molecule has 1 atom stereocenters. The molecule has 0 radical (unpaired) electrons. The van der Waals surface area contributed by atoms with Crippen molar-refractivity contribution < 1.29 is 13.2 Å². The summed E-state index contributed by atoms with van der Waals surface area (Å²) in [5.74, 6) is 0.0480. The first kappa shape index (κ1) is 17.7. The fraction of sp³-hybridized carbons (Fsp3) is 0.389. The van der Waals surface area contributed by atoms with Gasteiger partial charge < -0.3 is 11.1 Å². The Bertz CT molecular complexity index is 904. The van der Waals surface area contributed by atoms with Crippen LogP contribution in [-0.2, 0) is 14.8 Å². The third-order valence-electron chi connectivity index (χ3n) is 4.37. The lowest BCUT2D eigenvalue weighted by molar-refractivity contribution is -0.120. The van der Waals surface area contributed by atoms with Crippen LogP contribution in [0.25, 0.3) is 10.8 Å². The summed E-state index contributed by atoms with van der Waals surface area (Å²) < 4.78 is 26.9. The second-order valence-corrected chi connectivity index (χ2v) is 8.60. The van der Waals surface area contributed by atoms with Crippen molar-refractivity contribution in [2.24, 2.45) is 11.7 Å². The maximum absolute atomic E-state index is 12.9. The number of hydrogen-bond acceptors (Lipinski definition) is 4. The van der Waals surface area contributed by atoms with Crippen molar-refractivity contribution in [1.29, 1.82) is 0 Å². The first-order valence-electron chi connectivity index (χ1n) is 8.38. The van der Waals surface area contributed by atoms with Crippen LogP contribution in [-0.4, -0.2) is 33.5 Å². The molecule has 0 saturated carbocycles. The molecule has 1 unspecified atom stereocenters. The lowest BCUT2D eigenvalue weighted by Gasteiger charge is -2.22. The molecule has 0 bridgehead atoms. The number of carbonyl (C=O) groups is 1. The Hall–Kier alpha value is -2.12. The maximum atomic E-state index is 12.9. The van der Waals surface area contributed by atoms with E-state index in [4.69, 9.17) is 5.73 Å². The summed E-state index contributed by atoms with van der Waals surface area (Å²) >= 11 is 0. The minimum absolute atomic E-state index is 0.157. The fourth-order valence-corrected chi connectivity index (χ4v) is 4.98. The predicted molar refractivity (Wildman–Crippen MR) is 98.9 cm³/mol. The molecular weight excluding hydrogens is 338 g/mol. The second-order valence-electron chi connectivity index (χ2n) is 6.77. The van der Waals surface area contributed by atoms with E-state index < -0.39 is 10.0 Å². The van der Waals surface area contributed by atoms with Gasteiger partial charge in [0.1, 0.15) is 6.54 Å². The van der Waals surface area contributed by atoms with Crippen LogP contribution in [0.3, 0.4) is 0 Å². The van der Waals surface area contributed by atoms with Gasteiger partial charge in [0.05, 0.1) is 10.6 Å². The Kier molecular flexibility index (Phi) is 4.71. The first-order chi connectivity index (χ1) is 11.8. The van der Waals surface area contributed by atoms with Gasteiger partial charge in [0.15, 0.2) is 0 Å². The number of sulfonamides is 1. The number of amides is 1. The van der Waals surface area contributed by atoms with Gasteiger partial charge in [-0.2, -0.15) is 0 Å². The highest BCUT2D eigenvalue weighted by atomic mass is 32.2. The van der Waals surface area contributed by atoms with Gasteiger partial charge in [0, 0.05) is 18.0 Å². The normalized spacial score (nSPS) is 16.4. The standard InChI is InChI=1S/C18H23N3O3S/c1-12(2)9-14(10-19)20-17(22)11-21-15-7-3-5-13-6-4-8-16(18(13)15)25(21,23)24/h3-8,12,14H,9-11,19H2,1-2H3,(H,20,22). The van der Waals surface area contributed by atoms with Crippen LogP contribution in [0.15, 0.2) is 41.3 Å². The fourth-order valence-electron chi connectivity index (χ4n) is 3.32. The van der Waals surface area contributed by atoms with Crippen LogP contribution in [0.4, 0.5) is 5.69 Å². The Labute approximate surface area is 148 Å². The zero-order chi connectivity index (χ0) is 18.2. The van der Waals surface area contributed by atoms with Crippen LogP contribution in [0.5, 0.6) is 0 Å². The van der Waals surface area contributed by atoms with Gasteiger partial charge in [-0.3, -0.25) is 9.10 Å². The highest BCUT2D eigenvalue weighted by Crippen LogP contribution is 2.41. The average molecular weight is 361 g/mol. The maximum Gasteiger partial charge on any atom is 0.265 e. The Morgan fingerprint density at radius 1 is 1.20 bits per heavy atom. The summed E-state index contributed by atoms with van der Waals surface area (Å²) in [6.07, 6.45) is 0.755. The van der Waals surface area contributed by atoms with E-state index >= 15 is 0 Å². The van der Waals surface area contributed by atoms with E-state index in [1.807, 2.05) is 12.1 Å². The minimum Gasteiger partial charge on any atom is -0.351 e. The van der Waals surface area contributed by atoms with Gasteiger partial charge in [0.2, 0.25) is 5.91 Å². The van der Waals surface area contributed by atoms with Crippen LogP contribution >= 0.6 is 0 Å². The van der Waals surface area contributed by atoms with E-state index in [2.05, 4.69) is 19.2 Å². The van der Waals surface area contributed by atoms with Gasteiger partial charge in [-0.1, -0.05) is 38.1 Å². The molecule has 3 N–H and O–H groups in total. The summed E-state index contributed by atoms with van der Waals surface area (Å²) in [7, 11) is -3.72. The van der Waals surface area contributed by atoms with Crippen LogP contribution in [0.2, 0.25) is 0 Å². The minimum atomic E-state index is -3.72. The molecule has 3 rings (SSSR count). The van der Waals surface area contributed by atoms with E-state index in [0.717, 1.165) is 11.8 Å². The lowest BCUT2D eigenvalue weighted by atomic mass is 10.0. The lowest BCUT2D eigenvalue weighted by Crippen LogP contribution is -2.46. The quantitative estimate of drug-likeness (QED) is 0.821. The topological polar surface area (TPSA) is 92.5 Å². The van der Waals surface area contributed by atoms with Crippen molar-refractivity contribution in [2.75, 3.05) is 17.4 Å². The van der Waals surface area contributed by atoms with E-state index in [1.165, 1.54) is 4.31 Å². The largest absolute Gasteiger partial charge is 0.351 e. The number of nitrogens with zero attached hydrogens (tertiary/aromatic N) is 1. The summed E-state index contributed by atoms with van der Waals surface area (Å²) in [6.45, 7) is 4.19. The smallest absolute Gasteiger partial charge is 0.265 e. The summed E-state index contributed by atoms with van der Waals surface area (Å²) in [6, 6.07) is 10.4. The molecule has 0 fully saturated rings. The molecular formula is C18H23N3O3S. The summed E-state index contributed by atoms with van der Waals surface area (Å²) in [5.41, 5.74) is 6.27. The molecule has 1 amide bonds. The zero-order valence-electron chi connectivity index (χ0n) is 14.4. The number of rotatable bonds is 6. The van der Waals surface area contributed by atoms with Crippen molar-refractivity contribution in [3.63, 3.8) is 0 Å². The van der Waals surface area contributed by atoms with Gasteiger partial charge in [-0.25, -0.2) is 8.42 Å². The summed E-state index contributed by atoms with van der Waals surface area (Å²) in [4.78, 5) is 12.7. The molecule has 2 aromatic carbocycles. The van der Waals surface area contributed by atoms with Gasteiger partial charge in [-0.05, 0) is 29.9 Å². The van der Waals surface area contributed by atoms with Gasteiger partial charge in [0.25, 0.3) is 10.0 Å². The molecule has 6 nitrogen and oxygen atoms in total. The molecule has 1 aliphatic rings. The van der Waals surface area contributed by atoms with Crippen molar-refractivity contribution >= 4 is 32.4 Å². The number of nitrogens with two attached hydrogens (primary N) is 1. The molecule has 0 aromatic heterocycles. The Balaban J connectivity index is 1.87. The molecule has 25 heavy (non-hydrogen) atoms. The van der Waals surface area contributed by atoms with Crippen molar-refractivity contribution in [1.82, 2.24) is 5.32 Å². The first-order valence-corrected chi connectivity index (χ1v) is 9.82. The molecule has 1 heterocycles. The van der Waals surface area contributed by atoms with Gasteiger partial charge >= 0.3 is 0 Å². The third-order valence-corrected chi connectivity index (χ3v) is 6.18. The van der Waals surface area contributed by atoms with Gasteiger partial charge in [-0.15, -0.1) is 0 Å². The van der Waals surface area contributed by atoms with Crippen molar-refractivity contribution in [3.8, 4) is 0 Å². The number of anilines is 1. The Morgan fingerprint density at radius 3 is 2.52 bits per heavy atom. The van der Waals surface area contributed by atoms with Crippen molar-refractivity contribution in [3.05, 3.63) is 36.4 Å². The molecule has 134 valence electrons. The monoisotopic (exact) mass is 361 g/mol. The van der Waals surface area contributed by atoms with Crippen molar-refractivity contribution in [2.45, 2.75) is 31.2 Å². The molecule has 7 heteroatoms. The molecule has 0 saturated heterocycles. The third kappa shape index (κ3) is 3.21. The Morgan fingerprint density at radius 2 is 1.88 bits per heavy atom. The number of carbonyl (C=O) groups excluding carboxylic acids is 1. The molecule has 1 aliphatic heterocycles. The SMILES string of the molecule is CC(C)CC(CN)NC(=O)CN1c2cccc3cccc(c23)S1(=O)=O. The van der Waals surface area contributed by atoms with E-state index in [0.29, 0.717) is 23.5 Å². The van der Waals surface area contributed by atoms with E-state index in [1.54, 1.807) is 24.3 Å². The molecule has 0 aliphatic carbocycles. The zero-order valence-corrected chi connectivity index (χ0v) is 15.2. The second kappa shape index (κ2) is 6.65. The highest BCUT2D eigenvalue weighted by Gasteiger charge is 2.36. The number of nitrogens with one attached hydrogen (secondary N) is 1.